The quantitative estimate of drug-likeness (QED) is 0.399. The molecule has 2 heterocycles. The summed E-state index contributed by atoms with van der Waals surface area (Å²) in [5.41, 5.74) is 2.54. The summed E-state index contributed by atoms with van der Waals surface area (Å²) in [4.78, 5) is 2.49. The maximum absolute atomic E-state index is 10.7. The molecule has 1 aromatic rings. The van der Waals surface area contributed by atoms with Gasteiger partial charge in [-0.05, 0) is 37.8 Å². The Kier molecular flexibility index (Phi) is 8.64. The molecule has 1 saturated carbocycles. The van der Waals surface area contributed by atoms with Crippen molar-refractivity contribution in [3.63, 3.8) is 0 Å². The van der Waals surface area contributed by atoms with Gasteiger partial charge in [-0.2, -0.15) is 0 Å². The number of unbranched alkanes of at least 4 members (excludes halogenated alkanes) is 3. The van der Waals surface area contributed by atoms with Gasteiger partial charge in [-0.15, -0.1) is 0 Å². The molecule has 0 bridgehead atoms. The van der Waals surface area contributed by atoms with E-state index < -0.39 is 12.2 Å². The molecule has 178 valence electrons. The van der Waals surface area contributed by atoms with Crippen LogP contribution in [0.2, 0.25) is 0 Å². The molecule has 0 unspecified atom stereocenters. The van der Waals surface area contributed by atoms with E-state index in [1.165, 1.54) is 17.5 Å². The minimum Gasteiger partial charge on any atom is -0.489 e. The number of morpholine rings is 1. The van der Waals surface area contributed by atoms with Crippen LogP contribution in [0, 0.1) is 5.92 Å². The standard InChI is InChI=1S/C27H41NO4/c1-2-3-4-10-21(29)12-13-22-24(30)19-25-26(22)23-11-7-9-20(27(23)32-25)8-5-6-14-28-15-17-31-18-16-28/h7,9,11-13,21-22,24-26,29-30H,2-6,8,10,14-19H2,1H3/t21-,22-,24+,25-,26-/m0/s1. The van der Waals surface area contributed by atoms with Crippen molar-refractivity contribution in [2.24, 2.45) is 5.92 Å². The molecule has 1 aliphatic carbocycles. The Morgan fingerprint density at radius 3 is 2.81 bits per heavy atom. The monoisotopic (exact) mass is 443 g/mol. The molecule has 0 amide bonds. The predicted octanol–water partition coefficient (Wildman–Crippen LogP) is 4.06. The van der Waals surface area contributed by atoms with Crippen LogP contribution in [0.25, 0.3) is 0 Å². The van der Waals surface area contributed by atoms with Gasteiger partial charge in [-0.1, -0.05) is 56.5 Å². The van der Waals surface area contributed by atoms with Crippen LogP contribution in [-0.2, 0) is 11.2 Å². The number of ether oxygens (including phenoxy) is 2. The average molecular weight is 444 g/mol. The molecule has 2 N–H and O–H groups in total. The fraction of sp³-hybridized carbons (Fsp3) is 0.704. The first kappa shape index (κ1) is 23.7. The van der Waals surface area contributed by atoms with Crippen molar-refractivity contribution in [3.05, 3.63) is 41.5 Å². The van der Waals surface area contributed by atoms with Gasteiger partial charge in [0, 0.05) is 36.9 Å². The zero-order chi connectivity index (χ0) is 22.3. The maximum Gasteiger partial charge on any atom is 0.126 e. The number of aryl methyl sites for hydroxylation is 1. The number of aliphatic hydroxyl groups is 2. The maximum atomic E-state index is 10.7. The first-order valence-electron chi connectivity index (χ1n) is 12.8. The molecule has 1 aromatic carbocycles. The van der Waals surface area contributed by atoms with Gasteiger partial charge >= 0.3 is 0 Å². The Morgan fingerprint density at radius 1 is 1.16 bits per heavy atom. The highest BCUT2D eigenvalue weighted by Crippen LogP contribution is 2.52. The van der Waals surface area contributed by atoms with Crippen molar-refractivity contribution in [2.75, 3.05) is 32.8 Å². The molecule has 32 heavy (non-hydrogen) atoms. The van der Waals surface area contributed by atoms with Gasteiger partial charge in [0.2, 0.25) is 0 Å². The van der Waals surface area contributed by atoms with E-state index in [0.29, 0.717) is 6.42 Å². The van der Waals surface area contributed by atoms with E-state index in [0.717, 1.165) is 77.1 Å². The highest BCUT2D eigenvalue weighted by atomic mass is 16.5. The summed E-state index contributed by atoms with van der Waals surface area (Å²) in [6, 6.07) is 6.52. The Bertz CT molecular complexity index is 745. The number of hydrogen-bond donors (Lipinski definition) is 2. The fourth-order valence-electron chi connectivity index (χ4n) is 5.60. The van der Waals surface area contributed by atoms with Gasteiger partial charge in [0.05, 0.1) is 25.4 Å². The molecular formula is C27H41NO4. The van der Waals surface area contributed by atoms with Crippen LogP contribution in [0.5, 0.6) is 5.75 Å². The molecule has 4 rings (SSSR count). The van der Waals surface area contributed by atoms with E-state index in [1.807, 2.05) is 6.08 Å². The molecule has 3 aliphatic rings. The van der Waals surface area contributed by atoms with Gasteiger partial charge in [-0.3, -0.25) is 4.90 Å². The molecule has 5 atom stereocenters. The van der Waals surface area contributed by atoms with E-state index in [9.17, 15) is 10.2 Å². The van der Waals surface area contributed by atoms with Crippen molar-refractivity contribution in [3.8, 4) is 5.75 Å². The summed E-state index contributed by atoms with van der Waals surface area (Å²) in [6.45, 7) is 7.15. The van der Waals surface area contributed by atoms with Crippen molar-refractivity contribution >= 4 is 0 Å². The number of para-hydroxylation sites is 1. The first-order valence-corrected chi connectivity index (χ1v) is 12.8. The third-order valence-corrected chi connectivity index (χ3v) is 7.42. The summed E-state index contributed by atoms with van der Waals surface area (Å²) < 4.78 is 11.8. The number of hydrogen-bond acceptors (Lipinski definition) is 5. The molecule has 5 heteroatoms. The third-order valence-electron chi connectivity index (χ3n) is 7.42. The van der Waals surface area contributed by atoms with Crippen molar-refractivity contribution in [2.45, 2.75) is 82.5 Å². The van der Waals surface area contributed by atoms with Crippen molar-refractivity contribution in [1.29, 1.82) is 0 Å². The summed E-state index contributed by atoms with van der Waals surface area (Å²) >= 11 is 0. The highest BCUT2D eigenvalue weighted by Gasteiger charge is 2.48. The van der Waals surface area contributed by atoms with Crippen LogP contribution in [0.4, 0.5) is 0 Å². The van der Waals surface area contributed by atoms with Crippen LogP contribution in [0.3, 0.4) is 0 Å². The molecule has 0 spiro atoms. The first-order chi connectivity index (χ1) is 15.7. The van der Waals surface area contributed by atoms with Crippen molar-refractivity contribution < 1.29 is 19.7 Å². The molecule has 2 fully saturated rings. The number of benzene rings is 1. The zero-order valence-corrected chi connectivity index (χ0v) is 19.6. The van der Waals surface area contributed by atoms with E-state index in [4.69, 9.17) is 9.47 Å². The molecule has 0 radical (unpaired) electrons. The van der Waals surface area contributed by atoms with Crippen LogP contribution >= 0.6 is 0 Å². The lowest BCUT2D eigenvalue weighted by Gasteiger charge is -2.26. The molecular weight excluding hydrogens is 402 g/mol. The van der Waals surface area contributed by atoms with Gasteiger partial charge in [-0.25, -0.2) is 0 Å². The minimum atomic E-state index is -0.424. The highest BCUT2D eigenvalue weighted by molar-refractivity contribution is 5.49. The molecule has 1 saturated heterocycles. The second-order valence-corrected chi connectivity index (χ2v) is 9.76. The predicted molar refractivity (Wildman–Crippen MR) is 127 cm³/mol. The largest absolute Gasteiger partial charge is 0.489 e. The Labute approximate surface area is 193 Å². The Hall–Kier alpha value is -1.40. The summed E-state index contributed by atoms with van der Waals surface area (Å²) in [5.74, 6) is 1.26. The number of fused-ring (bicyclic) bond motifs is 3. The van der Waals surface area contributed by atoms with Crippen LogP contribution in [0.1, 0.15) is 68.9 Å². The molecule has 5 nitrogen and oxygen atoms in total. The molecule has 0 aromatic heterocycles. The van der Waals surface area contributed by atoms with Gasteiger partial charge in [0.25, 0.3) is 0 Å². The lowest BCUT2D eigenvalue weighted by atomic mass is 9.86. The van der Waals surface area contributed by atoms with E-state index in [1.54, 1.807) is 0 Å². The van der Waals surface area contributed by atoms with E-state index >= 15 is 0 Å². The summed E-state index contributed by atoms with van der Waals surface area (Å²) in [5, 5.41) is 21.0. The fourth-order valence-corrected chi connectivity index (χ4v) is 5.60. The van der Waals surface area contributed by atoms with Crippen LogP contribution < -0.4 is 4.74 Å². The lowest BCUT2D eigenvalue weighted by Crippen LogP contribution is -2.36. The third kappa shape index (κ3) is 5.74. The van der Waals surface area contributed by atoms with Crippen LogP contribution in [-0.4, -0.2) is 66.3 Å². The van der Waals surface area contributed by atoms with Crippen LogP contribution in [0.15, 0.2) is 30.4 Å². The second kappa shape index (κ2) is 11.6. The number of rotatable bonds is 11. The lowest BCUT2D eigenvalue weighted by molar-refractivity contribution is 0.0372. The number of nitrogens with zero attached hydrogens (tertiary/aromatic N) is 1. The smallest absolute Gasteiger partial charge is 0.126 e. The van der Waals surface area contributed by atoms with Gasteiger partial charge < -0.3 is 19.7 Å². The summed E-state index contributed by atoms with van der Waals surface area (Å²) in [6.07, 6.45) is 11.4. The molecule has 2 aliphatic heterocycles. The van der Waals surface area contributed by atoms with E-state index in [-0.39, 0.29) is 17.9 Å². The zero-order valence-electron chi connectivity index (χ0n) is 19.6. The SMILES string of the molecule is CCCCC[C@H](O)C=C[C@@H]1[C@H]2c3cccc(CCCCN4CCOCC4)c3O[C@H]2C[C@H]1O. The minimum absolute atomic E-state index is 0.0126. The van der Waals surface area contributed by atoms with Gasteiger partial charge in [0.1, 0.15) is 11.9 Å². The topological polar surface area (TPSA) is 62.2 Å². The van der Waals surface area contributed by atoms with Gasteiger partial charge in [0.15, 0.2) is 0 Å². The average Bonchev–Trinajstić information content (AvgIpc) is 3.31. The summed E-state index contributed by atoms with van der Waals surface area (Å²) in [7, 11) is 0. The normalized spacial score (nSPS) is 28.6. The second-order valence-electron chi connectivity index (χ2n) is 9.76. The Balaban J connectivity index is 1.35. The van der Waals surface area contributed by atoms with Crippen molar-refractivity contribution in [1.82, 2.24) is 4.90 Å². The Morgan fingerprint density at radius 2 is 2.00 bits per heavy atom. The number of aliphatic hydroxyl groups excluding tert-OH is 2. The van der Waals surface area contributed by atoms with E-state index in [2.05, 4.69) is 36.1 Å².